The average molecular weight is 256 g/mol. The Bertz CT molecular complexity index is 463. The van der Waals surface area contributed by atoms with Crippen LogP contribution in [0.4, 0.5) is 5.69 Å². The van der Waals surface area contributed by atoms with E-state index in [9.17, 15) is 15.0 Å². The Hall–Kier alpha value is -1.26. The maximum absolute atomic E-state index is 11.2. The van der Waals surface area contributed by atoms with E-state index in [1.54, 1.807) is 25.1 Å². The first-order valence-electron chi connectivity index (χ1n) is 5.48. The van der Waals surface area contributed by atoms with Gasteiger partial charge in [0.15, 0.2) is 0 Å². The van der Waals surface area contributed by atoms with Gasteiger partial charge in [0.2, 0.25) is 0 Å². The first kappa shape index (κ1) is 12.2. The van der Waals surface area contributed by atoms with Crippen molar-refractivity contribution in [2.45, 2.75) is 18.9 Å². The molecular weight excluding hydrogens is 242 g/mol. The molecule has 1 aromatic carbocycles. The number of fused-ring (bicyclic) bond motifs is 1. The molecule has 0 fully saturated rings. The molecule has 2 atom stereocenters. The Morgan fingerprint density at radius 2 is 2.35 bits per heavy atom. The highest BCUT2D eigenvalue weighted by molar-refractivity contribution is 6.32. The molecule has 0 amide bonds. The molecule has 1 aliphatic heterocycles. The molecule has 0 spiro atoms. The molecule has 5 heteroatoms. The predicted molar refractivity (Wildman–Crippen MR) is 65.3 cm³/mol. The van der Waals surface area contributed by atoms with Gasteiger partial charge in [-0.3, -0.25) is 4.79 Å². The van der Waals surface area contributed by atoms with Crippen LogP contribution in [0.2, 0.25) is 5.02 Å². The summed E-state index contributed by atoms with van der Waals surface area (Å²) in [5.41, 5.74) is -0.232. The summed E-state index contributed by atoms with van der Waals surface area (Å²) in [7, 11) is 0. The van der Waals surface area contributed by atoms with Crippen LogP contribution in [0.1, 0.15) is 18.9 Å². The van der Waals surface area contributed by atoms with Crippen LogP contribution in [0.5, 0.6) is 0 Å². The van der Waals surface area contributed by atoms with E-state index in [4.69, 9.17) is 11.6 Å². The van der Waals surface area contributed by atoms with E-state index in [-0.39, 0.29) is 6.54 Å². The summed E-state index contributed by atoms with van der Waals surface area (Å²) in [6.45, 7) is 1.92. The molecule has 2 unspecified atom stereocenters. The highest BCUT2D eigenvalue weighted by Gasteiger charge is 2.47. The van der Waals surface area contributed by atoms with Crippen molar-refractivity contribution >= 4 is 23.3 Å². The number of aliphatic carboxylic acids is 1. The quantitative estimate of drug-likeness (QED) is 0.773. The Balaban J connectivity index is 2.53. The van der Waals surface area contributed by atoms with Crippen molar-refractivity contribution in [2.24, 2.45) is 5.92 Å². The van der Waals surface area contributed by atoms with Crippen molar-refractivity contribution in [3.8, 4) is 0 Å². The number of carboxylic acids is 1. The second-order valence-corrected chi connectivity index (χ2v) is 4.65. The van der Waals surface area contributed by atoms with Crippen molar-refractivity contribution in [1.29, 1.82) is 0 Å². The van der Waals surface area contributed by atoms with Gasteiger partial charge in [-0.05, 0) is 18.6 Å². The largest absolute Gasteiger partial charge is 0.481 e. The Kier molecular flexibility index (Phi) is 3.02. The maximum Gasteiger partial charge on any atom is 0.309 e. The van der Waals surface area contributed by atoms with Gasteiger partial charge in [0, 0.05) is 22.8 Å². The zero-order valence-electron chi connectivity index (χ0n) is 9.40. The molecule has 4 nitrogen and oxygen atoms in total. The van der Waals surface area contributed by atoms with Crippen molar-refractivity contribution < 1.29 is 15.0 Å². The first-order chi connectivity index (χ1) is 8.00. The highest BCUT2D eigenvalue weighted by Crippen LogP contribution is 2.44. The van der Waals surface area contributed by atoms with Crippen LogP contribution >= 0.6 is 11.6 Å². The lowest BCUT2D eigenvalue weighted by atomic mass is 9.81. The van der Waals surface area contributed by atoms with Gasteiger partial charge in [-0.15, -0.1) is 0 Å². The fourth-order valence-corrected chi connectivity index (χ4v) is 2.78. The summed E-state index contributed by atoms with van der Waals surface area (Å²) in [4.78, 5) is 11.2. The summed E-state index contributed by atoms with van der Waals surface area (Å²) in [6.07, 6.45) is 0.345. The molecular formula is C12H14ClNO3. The molecule has 0 radical (unpaired) electrons. The lowest BCUT2D eigenvalue weighted by molar-refractivity contribution is -0.151. The lowest BCUT2D eigenvalue weighted by Gasteiger charge is -2.29. The third kappa shape index (κ3) is 1.77. The number of anilines is 1. The minimum absolute atomic E-state index is 0.177. The summed E-state index contributed by atoms with van der Waals surface area (Å²) < 4.78 is 0. The van der Waals surface area contributed by atoms with E-state index in [1.165, 1.54) is 0 Å². The van der Waals surface area contributed by atoms with E-state index >= 15 is 0 Å². The first-order valence-corrected chi connectivity index (χ1v) is 5.86. The van der Waals surface area contributed by atoms with Crippen molar-refractivity contribution in [1.82, 2.24) is 0 Å². The van der Waals surface area contributed by atoms with E-state index in [1.807, 2.05) is 0 Å². The Morgan fingerprint density at radius 3 is 2.94 bits per heavy atom. The number of hydrogen-bond acceptors (Lipinski definition) is 3. The number of carboxylic acid groups (broad SMARTS) is 1. The van der Waals surface area contributed by atoms with Crippen LogP contribution in [0.25, 0.3) is 0 Å². The number of rotatable bonds is 3. The zero-order valence-corrected chi connectivity index (χ0v) is 10.2. The molecule has 3 N–H and O–H groups in total. The zero-order chi connectivity index (χ0) is 12.6. The van der Waals surface area contributed by atoms with E-state index in [0.29, 0.717) is 22.7 Å². The Morgan fingerprint density at radius 1 is 1.65 bits per heavy atom. The second-order valence-electron chi connectivity index (χ2n) is 4.24. The number of halogens is 1. The topological polar surface area (TPSA) is 69.6 Å². The van der Waals surface area contributed by atoms with Gasteiger partial charge >= 0.3 is 5.97 Å². The molecule has 0 aliphatic carbocycles. The van der Waals surface area contributed by atoms with Crippen LogP contribution in [-0.4, -0.2) is 22.7 Å². The van der Waals surface area contributed by atoms with Crippen molar-refractivity contribution in [3.05, 3.63) is 28.8 Å². The van der Waals surface area contributed by atoms with Crippen LogP contribution in [-0.2, 0) is 10.4 Å². The number of aliphatic hydroxyl groups is 1. The van der Waals surface area contributed by atoms with E-state index in [0.717, 1.165) is 0 Å². The van der Waals surface area contributed by atoms with Crippen molar-refractivity contribution in [3.63, 3.8) is 0 Å². The lowest BCUT2D eigenvalue weighted by Crippen LogP contribution is -2.41. The second kappa shape index (κ2) is 4.20. The van der Waals surface area contributed by atoms with Crippen LogP contribution in [0, 0.1) is 5.92 Å². The predicted octanol–water partition coefficient (Wildman–Crippen LogP) is 2.06. The SMILES string of the molecule is CCC(C(=O)O)C1(O)CNc2cccc(Cl)c21. The summed E-state index contributed by atoms with van der Waals surface area (Å²) in [6, 6.07) is 5.21. The number of nitrogens with one attached hydrogen (secondary N) is 1. The highest BCUT2D eigenvalue weighted by atomic mass is 35.5. The molecule has 1 aliphatic rings. The minimum Gasteiger partial charge on any atom is -0.481 e. The van der Waals surface area contributed by atoms with Crippen LogP contribution < -0.4 is 5.32 Å². The summed E-state index contributed by atoms with van der Waals surface area (Å²) >= 11 is 6.07. The molecule has 2 rings (SSSR count). The normalized spacial score (nSPS) is 23.9. The Labute approximate surface area is 104 Å². The average Bonchev–Trinajstić information content (AvgIpc) is 2.59. The van der Waals surface area contributed by atoms with Gasteiger partial charge in [0.05, 0.1) is 5.92 Å². The molecule has 0 aromatic heterocycles. The van der Waals surface area contributed by atoms with Gasteiger partial charge in [0.1, 0.15) is 5.60 Å². The standard InChI is InChI=1S/C12H14ClNO3/c1-2-7(11(15)16)12(17)6-14-9-5-3-4-8(13)10(9)12/h3-5,7,14,17H,2,6H2,1H3,(H,15,16). The fraction of sp³-hybridized carbons (Fsp3) is 0.417. The molecule has 17 heavy (non-hydrogen) atoms. The maximum atomic E-state index is 11.2. The molecule has 0 saturated heterocycles. The minimum atomic E-state index is -1.44. The van der Waals surface area contributed by atoms with Gasteiger partial charge < -0.3 is 15.5 Å². The molecule has 0 saturated carbocycles. The third-order valence-corrected chi connectivity index (χ3v) is 3.59. The fourth-order valence-electron chi connectivity index (χ4n) is 2.44. The molecule has 1 heterocycles. The van der Waals surface area contributed by atoms with Gasteiger partial charge in [0.25, 0.3) is 0 Å². The van der Waals surface area contributed by atoms with Gasteiger partial charge in [-0.25, -0.2) is 0 Å². The van der Waals surface area contributed by atoms with Crippen LogP contribution in [0.3, 0.4) is 0 Å². The number of β-amino-alcohol motifs (C(OH)–C–C–N with tert-alkyl or cyclic N) is 1. The third-order valence-electron chi connectivity index (χ3n) is 3.28. The van der Waals surface area contributed by atoms with Gasteiger partial charge in [-0.2, -0.15) is 0 Å². The van der Waals surface area contributed by atoms with E-state index < -0.39 is 17.5 Å². The molecule has 1 aromatic rings. The van der Waals surface area contributed by atoms with Crippen molar-refractivity contribution in [2.75, 3.05) is 11.9 Å². The van der Waals surface area contributed by atoms with Crippen LogP contribution in [0.15, 0.2) is 18.2 Å². The molecule has 92 valence electrons. The monoisotopic (exact) mass is 255 g/mol. The summed E-state index contributed by atoms with van der Waals surface area (Å²) in [5, 5.41) is 23.2. The number of hydrogen-bond donors (Lipinski definition) is 3. The smallest absolute Gasteiger partial charge is 0.309 e. The number of benzene rings is 1. The molecule has 0 bridgehead atoms. The van der Waals surface area contributed by atoms with E-state index in [2.05, 4.69) is 5.32 Å². The number of carbonyl (C=O) groups is 1. The van der Waals surface area contributed by atoms with Gasteiger partial charge in [-0.1, -0.05) is 24.6 Å². The summed E-state index contributed by atoms with van der Waals surface area (Å²) in [5.74, 6) is -1.87.